The van der Waals surface area contributed by atoms with Crippen LogP contribution >= 0.6 is 12.2 Å². The minimum atomic E-state index is -4.79. The topological polar surface area (TPSA) is 89.9 Å². The van der Waals surface area contributed by atoms with Crippen LogP contribution < -0.4 is 5.32 Å². The first-order chi connectivity index (χ1) is 11.1. The van der Waals surface area contributed by atoms with Gasteiger partial charge in [0.1, 0.15) is 6.04 Å². The van der Waals surface area contributed by atoms with E-state index in [0.29, 0.717) is 4.90 Å². The molecule has 0 bridgehead atoms. The second kappa shape index (κ2) is 6.11. The number of carboxylic acid groups (broad SMARTS) is 2. The van der Waals surface area contributed by atoms with Crippen LogP contribution in [-0.2, 0) is 11.0 Å². The van der Waals surface area contributed by atoms with Crippen molar-refractivity contribution < 1.29 is 33.0 Å². The summed E-state index contributed by atoms with van der Waals surface area (Å²) in [5.41, 5.74) is -2.18. The minimum Gasteiger partial charge on any atom is -0.478 e. The van der Waals surface area contributed by atoms with Crippen LogP contribution in [0.3, 0.4) is 0 Å². The van der Waals surface area contributed by atoms with Gasteiger partial charge in [0, 0.05) is 5.70 Å². The molecule has 1 aliphatic heterocycles. The highest BCUT2D eigenvalue weighted by atomic mass is 32.1. The van der Waals surface area contributed by atoms with Crippen molar-refractivity contribution in [1.82, 2.24) is 10.2 Å². The number of carboxylic acids is 1. The van der Waals surface area contributed by atoms with Gasteiger partial charge in [0.2, 0.25) is 0 Å². The lowest BCUT2D eigenvalue weighted by Gasteiger charge is -2.36. The highest BCUT2D eigenvalue weighted by Crippen LogP contribution is 2.41. The van der Waals surface area contributed by atoms with Crippen molar-refractivity contribution >= 4 is 29.4 Å². The van der Waals surface area contributed by atoms with Crippen LogP contribution in [0.1, 0.15) is 24.1 Å². The third-order valence-corrected chi connectivity index (χ3v) is 3.74. The van der Waals surface area contributed by atoms with Gasteiger partial charge in [-0.15, -0.1) is 0 Å². The Morgan fingerprint density at radius 2 is 1.83 bits per heavy atom. The van der Waals surface area contributed by atoms with Gasteiger partial charge in [-0.2, -0.15) is 13.2 Å². The molecule has 1 heterocycles. The zero-order valence-electron chi connectivity index (χ0n) is 12.1. The minimum absolute atomic E-state index is 0.0213. The summed E-state index contributed by atoms with van der Waals surface area (Å²) < 4.78 is 39.8. The van der Waals surface area contributed by atoms with Crippen molar-refractivity contribution in [1.29, 1.82) is 0 Å². The first-order valence-corrected chi connectivity index (χ1v) is 6.89. The molecular formula is C14H11F3N2O4S. The van der Waals surface area contributed by atoms with Gasteiger partial charge >= 0.3 is 18.2 Å². The molecule has 0 aliphatic carbocycles. The smallest absolute Gasteiger partial charge is 0.416 e. The number of aliphatic carboxylic acids is 1. The van der Waals surface area contributed by atoms with Crippen LogP contribution in [-0.4, -0.2) is 32.3 Å². The third kappa shape index (κ3) is 3.04. The zero-order chi connectivity index (χ0) is 18.2. The van der Waals surface area contributed by atoms with E-state index in [-0.39, 0.29) is 5.70 Å². The number of benzene rings is 1. The average Bonchev–Trinajstić information content (AvgIpc) is 2.44. The molecule has 3 N–H and O–H groups in total. The SMILES string of the molecule is CC1=C(C(=O)O)[C@@H](c2ccccc2C(F)(F)F)N(C(=O)O)C(=S)N1. The molecule has 0 saturated heterocycles. The summed E-state index contributed by atoms with van der Waals surface area (Å²) in [7, 11) is 0. The molecule has 6 nitrogen and oxygen atoms in total. The van der Waals surface area contributed by atoms with E-state index in [4.69, 9.17) is 12.2 Å². The Morgan fingerprint density at radius 3 is 2.33 bits per heavy atom. The zero-order valence-corrected chi connectivity index (χ0v) is 12.9. The Morgan fingerprint density at radius 1 is 1.25 bits per heavy atom. The summed E-state index contributed by atoms with van der Waals surface area (Å²) in [6.07, 6.45) is -6.45. The molecule has 0 saturated carbocycles. The molecule has 0 fully saturated rings. The number of carbonyl (C=O) groups is 2. The van der Waals surface area contributed by atoms with Crippen LogP contribution in [0, 0.1) is 0 Å². The Bertz CT molecular complexity index is 761. The van der Waals surface area contributed by atoms with Gasteiger partial charge in [-0.3, -0.25) is 0 Å². The van der Waals surface area contributed by atoms with Gasteiger partial charge in [0.05, 0.1) is 11.1 Å². The molecular weight excluding hydrogens is 349 g/mol. The second-order valence-electron chi connectivity index (χ2n) is 4.91. The first kappa shape index (κ1) is 17.7. The molecule has 10 heteroatoms. The molecule has 2 rings (SSSR count). The average molecular weight is 360 g/mol. The lowest BCUT2D eigenvalue weighted by molar-refractivity contribution is -0.139. The van der Waals surface area contributed by atoms with Gasteiger partial charge in [-0.05, 0) is 30.8 Å². The van der Waals surface area contributed by atoms with Crippen LogP contribution in [0.2, 0.25) is 0 Å². The molecule has 1 aromatic carbocycles. The normalized spacial score (nSPS) is 18.4. The van der Waals surface area contributed by atoms with Crippen LogP contribution in [0.25, 0.3) is 0 Å². The summed E-state index contributed by atoms with van der Waals surface area (Å²) in [4.78, 5) is 23.4. The van der Waals surface area contributed by atoms with E-state index in [0.717, 1.165) is 18.2 Å². The third-order valence-electron chi connectivity index (χ3n) is 3.45. The fourth-order valence-corrected chi connectivity index (χ4v) is 2.84. The fraction of sp³-hybridized carbons (Fsp3) is 0.214. The summed E-state index contributed by atoms with van der Waals surface area (Å²) >= 11 is 4.86. The predicted octanol–water partition coefficient (Wildman–Crippen LogP) is 2.97. The van der Waals surface area contributed by atoms with Crippen molar-refractivity contribution in [3.8, 4) is 0 Å². The number of allylic oxidation sites excluding steroid dienone is 1. The molecule has 0 radical (unpaired) electrons. The van der Waals surface area contributed by atoms with E-state index >= 15 is 0 Å². The summed E-state index contributed by atoms with van der Waals surface area (Å²) in [6.45, 7) is 1.30. The van der Waals surface area contributed by atoms with E-state index in [1.807, 2.05) is 0 Å². The maximum absolute atomic E-state index is 13.3. The predicted molar refractivity (Wildman–Crippen MR) is 80.1 cm³/mol. The molecule has 1 aliphatic rings. The number of thiocarbonyl (C=S) groups is 1. The first-order valence-electron chi connectivity index (χ1n) is 6.49. The number of amides is 1. The van der Waals surface area contributed by atoms with Gasteiger partial charge in [-0.1, -0.05) is 18.2 Å². The molecule has 0 aromatic heterocycles. The molecule has 1 atom stereocenters. The molecule has 128 valence electrons. The van der Waals surface area contributed by atoms with E-state index < -0.39 is 46.1 Å². The van der Waals surface area contributed by atoms with Crippen LogP contribution in [0.15, 0.2) is 35.5 Å². The molecule has 1 amide bonds. The number of rotatable bonds is 2. The van der Waals surface area contributed by atoms with E-state index in [9.17, 15) is 33.0 Å². The highest BCUT2D eigenvalue weighted by molar-refractivity contribution is 7.80. The fourth-order valence-electron chi connectivity index (χ4n) is 2.50. The van der Waals surface area contributed by atoms with Gasteiger partial charge in [-0.25, -0.2) is 14.5 Å². The van der Waals surface area contributed by atoms with Crippen molar-refractivity contribution in [3.63, 3.8) is 0 Å². The lowest BCUT2D eigenvalue weighted by Crippen LogP contribution is -2.50. The second-order valence-corrected chi connectivity index (χ2v) is 5.30. The van der Waals surface area contributed by atoms with Crippen molar-refractivity contribution in [2.75, 3.05) is 0 Å². The van der Waals surface area contributed by atoms with Crippen molar-refractivity contribution in [2.45, 2.75) is 19.1 Å². The Hall–Kier alpha value is -2.62. The Kier molecular flexibility index (Phi) is 4.52. The van der Waals surface area contributed by atoms with Crippen molar-refractivity contribution in [3.05, 3.63) is 46.7 Å². The molecule has 0 spiro atoms. The molecule has 0 unspecified atom stereocenters. The lowest BCUT2D eigenvalue weighted by atomic mass is 9.90. The van der Waals surface area contributed by atoms with Crippen LogP contribution in [0.4, 0.5) is 18.0 Å². The number of halogens is 3. The largest absolute Gasteiger partial charge is 0.478 e. The number of hydrogen-bond acceptors (Lipinski definition) is 3. The highest BCUT2D eigenvalue weighted by Gasteiger charge is 2.44. The van der Waals surface area contributed by atoms with Crippen LogP contribution in [0.5, 0.6) is 0 Å². The standard InChI is InChI=1S/C14H11F3N2O4S/c1-6-9(11(20)21)10(19(13(22)23)12(24)18-6)7-4-2-3-5-8(7)14(15,16)17/h2-5,10H,1H3,(H,18,24)(H,20,21)(H,22,23)/t10-/m1/s1. The van der Waals surface area contributed by atoms with Gasteiger partial charge in [0.25, 0.3) is 0 Å². The number of nitrogens with zero attached hydrogens (tertiary/aromatic N) is 1. The van der Waals surface area contributed by atoms with E-state index in [1.165, 1.54) is 13.0 Å². The molecule has 24 heavy (non-hydrogen) atoms. The summed E-state index contributed by atoms with van der Waals surface area (Å²) in [5.74, 6) is -1.55. The maximum Gasteiger partial charge on any atom is 0.416 e. The summed E-state index contributed by atoms with van der Waals surface area (Å²) in [6, 6.07) is 2.48. The van der Waals surface area contributed by atoms with Crippen molar-refractivity contribution in [2.24, 2.45) is 0 Å². The van der Waals surface area contributed by atoms with E-state index in [2.05, 4.69) is 5.32 Å². The van der Waals surface area contributed by atoms with Gasteiger partial charge < -0.3 is 15.5 Å². The number of nitrogens with one attached hydrogen (secondary N) is 1. The quantitative estimate of drug-likeness (QED) is 0.703. The van der Waals surface area contributed by atoms with E-state index in [1.54, 1.807) is 0 Å². The number of alkyl halides is 3. The van der Waals surface area contributed by atoms with Gasteiger partial charge in [0.15, 0.2) is 5.11 Å². The Balaban J connectivity index is 2.80. The number of hydrogen-bond donors (Lipinski definition) is 3. The summed E-state index contributed by atoms with van der Waals surface area (Å²) in [5, 5.41) is 20.7. The molecule has 1 aromatic rings. The monoisotopic (exact) mass is 360 g/mol. The Labute approximate surface area is 139 Å². The maximum atomic E-state index is 13.3.